The van der Waals surface area contributed by atoms with Crippen molar-refractivity contribution in [2.75, 3.05) is 13.1 Å². The molecule has 1 rings (SSSR count). The summed E-state index contributed by atoms with van der Waals surface area (Å²) in [5, 5.41) is 15.0. The zero-order chi connectivity index (χ0) is 9.84. The van der Waals surface area contributed by atoms with Crippen LogP contribution >= 0.6 is 12.4 Å². The standard InChI is InChI=1S/C9H18N2O2.ClH/c1-6(2)4-11-9(13)8-3-7(12)5-10-8;/h6-8,10,12H,3-5H2,1-2H3,(H,11,13);1H/t7-,8+;/m0./s1. The van der Waals surface area contributed by atoms with Gasteiger partial charge < -0.3 is 15.7 Å². The van der Waals surface area contributed by atoms with Gasteiger partial charge in [-0.2, -0.15) is 0 Å². The van der Waals surface area contributed by atoms with Crippen molar-refractivity contribution in [2.45, 2.75) is 32.4 Å². The first-order chi connectivity index (χ1) is 6.09. The molecule has 1 saturated heterocycles. The number of aliphatic hydroxyl groups excluding tert-OH is 1. The summed E-state index contributed by atoms with van der Waals surface area (Å²) in [6, 6.07) is -0.200. The van der Waals surface area contributed by atoms with Gasteiger partial charge in [-0.3, -0.25) is 4.79 Å². The van der Waals surface area contributed by atoms with Gasteiger partial charge in [-0.25, -0.2) is 0 Å². The van der Waals surface area contributed by atoms with E-state index in [1.54, 1.807) is 0 Å². The van der Waals surface area contributed by atoms with Crippen LogP contribution in [0, 0.1) is 5.92 Å². The number of carbonyl (C=O) groups is 1. The number of rotatable bonds is 3. The van der Waals surface area contributed by atoms with Crippen LogP contribution in [0.2, 0.25) is 0 Å². The predicted molar refractivity (Wildman–Crippen MR) is 57.5 cm³/mol. The highest BCUT2D eigenvalue weighted by Gasteiger charge is 2.27. The Kier molecular flexibility index (Phi) is 6.08. The summed E-state index contributed by atoms with van der Waals surface area (Å²) in [7, 11) is 0. The number of halogens is 1. The van der Waals surface area contributed by atoms with Gasteiger partial charge in [0.05, 0.1) is 12.1 Å². The van der Waals surface area contributed by atoms with Crippen molar-refractivity contribution in [3.63, 3.8) is 0 Å². The molecule has 1 amide bonds. The molecule has 4 nitrogen and oxygen atoms in total. The van der Waals surface area contributed by atoms with Gasteiger partial charge in [0.15, 0.2) is 0 Å². The summed E-state index contributed by atoms with van der Waals surface area (Å²) in [6.45, 7) is 5.33. The molecular formula is C9H19ClN2O2. The summed E-state index contributed by atoms with van der Waals surface area (Å²) in [6.07, 6.45) is 0.166. The fourth-order valence-corrected chi connectivity index (χ4v) is 1.34. The van der Waals surface area contributed by atoms with Crippen LogP contribution in [0.25, 0.3) is 0 Å². The Balaban J connectivity index is 0.00000169. The summed E-state index contributed by atoms with van der Waals surface area (Å²) < 4.78 is 0. The Morgan fingerprint density at radius 2 is 2.29 bits per heavy atom. The Morgan fingerprint density at radius 1 is 1.64 bits per heavy atom. The first kappa shape index (κ1) is 13.7. The maximum atomic E-state index is 11.4. The molecule has 2 atom stereocenters. The van der Waals surface area contributed by atoms with E-state index in [0.29, 0.717) is 25.4 Å². The summed E-state index contributed by atoms with van der Waals surface area (Å²) in [5.41, 5.74) is 0. The van der Waals surface area contributed by atoms with E-state index in [1.165, 1.54) is 0 Å². The van der Waals surface area contributed by atoms with Crippen LogP contribution in [0.5, 0.6) is 0 Å². The zero-order valence-electron chi connectivity index (χ0n) is 8.62. The van der Waals surface area contributed by atoms with Crippen LogP contribution in [0.4, 0.5) is 0 Å². The highest BCUT2D eigenvalue weighted by Crippen LogP contribution is 2.05. The molecule has 1 aliphatic rings. The quantitative estimate of drug-likeness (QED) is 0.625. The second-order valence-electron chi connectivity index (χ2n) is 3.99. The lowest BCUT2D eigenvalue weighted by molar-refractivity contribution is -0.123. The molecule has 0 spiro atoms. The van der Waals surface area contributed by atoms with Crippen molar-refractivity contribution < 1.29 is 9.90 Å². The Bertz CT molecular complexity index is 188. The van der Waals surface area contributed by atoms with E-state index in [4.69, 9.17) is 0 Å². The van der Waals surface area contributed by atoms with E-state index < -0.39 is 0 Å². The molecule has 5 heteroatoms. The number of carbonyl (C=O) groups excluding carboxylic acids is 1. The van der Waals surface area contributed by atoms with Gasteiger partial charge in [-0.05, 0) is 12.3 Å². The zero-order valence-corrected chi connectivity index (χ0v) is 9.43. The van der Waals surface area contributed by atoms with Crippen molar-refractivity contribution in [3.8, 4) is 0 Å². The Hall–Kier alpha value is -0.320. The smallest absolute Gasteiger partial charge is 0.237 e. The number of nitrogens with one attached hydrogen (secondary N) is 2. The molecule has 0 aromatic carbocycles. The fraction of sp³-hybridized carbons (Fsp3) is 0.889. The van der Waals surface area contributed by atoms with Crippen molar-refractivity contribution in [1.82, 2.24) is 10.6 Å². The Labute approximate surface area is 90.9 Å². The van der Waals surface area contributed by atoms with Crippen LogP contribution in [0.3, 0.4) is 0 Å². The second-order valence-corrected chi connectivity index (χ2v) is 3.99. The van der Waals surface area contributed by atoms with E-state index >= 15 is 0 Å². The molecule has 0 saturated carbocycles. The molecule has 0 bridgehead atoms. The minimum Gasteiger partial charge on any atom is -0.392 e. The second kappa shape index (κ2) is 6.22. The first-order valence-corrected chi connectivity index (χ1v) is 4.78. The Morgan fingerprint density at radius 3 is 2.71 bits per heavy atom. The topological polar surface area (TPSA) is 61.4 Å². The van der Waals surface area contributed by atoms with Gasteiger partial charge in [0.2, 0.25) is 5.91 Å². The summed E-state index contributed by atoms with van der Waals surface area (Å²) >= 11 is 0. The molecule has 84 valence electrons. The maximum Gasteiger partial charge on any atom is 0.237 e. The first-order valence-electron chi connectivity index (χ1n) is 4.78. The average molecular weight is 223 g/mol. The molecule has 0 aromatic heterocycles. The molecule has 0 unspecified atom stereocenters. The SMILES string of the molecule is CC(C)CNC(=O)[C@H]1C[C@H](O)CN1.Cl. The lowest BCUT2D eigenvalue weighted by atomic mass is 10.1. The minimum atomic E-state index is -0.366. The fourth-order valence-electron chi connectivity index (χ4n) is 1.34. The highest BCUT2D eigenvalue weighted by molar-refractivity contribution is 5.85. The van der Waals surface area contributed by atoms with Gasteiger partial charge in [0, 0.05) is 13.1 Å². The van der Waals surface area contributed by atoms with Crippen molar-refractivity contribution >= 4 is 18.3 Å². The van der Waals surface area contributed by atoms with E-state index in [1.807, 2.05) is 0 Å². The van der Waals surface area contributed by atoms with Gasteiger partial charge >= 0.3 is 0 Å². The molecule has 0 radical (unpaired) electrons. The van der Waals surface area contributed by atoms with Crippen LogP contribution in [-0.2, 0) is 4.79 Å². The van der Waals surface area contributed by atoms with E-state index in [9.17, 15) is 9.90 Å². The molecule has 14 heavy (non-hydrogen) atoms. The summed E-state index contributed by atoms with van der Waals surface area (Å²) in [4.78, 5) is 11.4. The lowest BCUT2D eigenvalue weighted by Gasteiger charge is -2.12. The largest absolute Gasteiger partial charge is 0.392 e. The predicted octanol–water partition coefficient (Wildman–Crippen LogP) is -0.0968. The number of hydrogen-bond acceptors (Lipinski definition) is 3. The average Bonchev–Trinajstić information content (AvgIpc) is 2.47. The van der Waals surface area contributed by atoms with Crippen molar-refractivity contribution in [2.24, 2.45) is 5.92 Å². The third kappa shape index (κ3) is 4.26. The molecule has 1 aliphatic heterocycles. The van der Waals surface area contributed by atoms with E-state index in [2.05, 4.69) is 24.5 Å². The van der Waals surface area contributed by atoms with Gasteiger partial charge in [-0.15, -0.1) is 12.4 Å². The third-order valence-corrected chi connectivity index (χ3v) is 2.11. The molecule has 0 aliphatic carbocycles. The molecular weight excluding hydrogens is 204 g/mol. The van der Waals surface area contributed by atoms with Crippen LogP contribution in [0.1, 0.15) is 20.3 Å². The molecule has 1 heterocycles. The number of hydrogen-bond donors (Lipinski definition) is 3. The monoisotopic (exact) mass is 222 g/mol. The highest BCUT2D eigenvalue weighted by atomic mass is 35.5. The minimum absolute atomic E-state index is 0. The molecule has 0 aromatic rings. The van der Waals surface area contributed by atoms with Crippen molar-refractivity contribution in [1.29, 1.82) is 0 Å². The van der Waals surface area contributed by atoms with Gasteiger partial charge in [0.1, 0.15) is 0 Å². The van der Waals surface area contributed by atoms with Crippen LogP contribution < -0.4 is 10.6 Å². The maximum absolute atomic E-state index is 11.4. The van der Waals surface area contributed by atoms with Gasteiger partial charge in [-0.1, -0.05) is 13.8 Å². The lowest BCUT2D eigenvalue weighted by Crippen LogP contribution is -2.41. The van der Waals surface area contributed by atoms with Crippen LogP contribution in [0.15, 0.2) is 0 Å². The molecule has 1 fully saturated rings. The number of aliphatic hydroxyl groups is 1. The van der Waals surface area contributed by atoms with Gasteiger partial charge in [0.25, 0.3) is 0 Å². The van der Waals surface area contributed by atoms with E-state index in [0.717, 1.165) is 0 Å². The van der Waals surface area contributed by atoms with Crippen LogP contribution in [-0.4, -0.2) is 36.2 Å². The van der Waals surface area contributed by atoms with Crippen molar-refractivity contribution in [3.05, 3.63) is 0 Å². The third-order valence-electron chi connectivity index (χ3n) is 2.11. The number of amides is 1. The molecule has 3 N–H and O–H groups in total. The summed E-state index contributed by atoms with van der Waals surface area (Å²) in [5.74, 6) is 0.473. The van der Waals surface area contributed by atoms with E-state index in [-0.39, 0.29) is 30.5 Å². The normalized spacial score (nSPS) is 26.0. The number of β-amino-alcohol motifs (C(OH)–C–C–N with tert-alkyl or cyclic N) is 1.